The molecule has 1 aliphatic rings. The maximum absolute atomic E-state index is 2.31. The molecule has 0 amide bonds. The fourth-order valence-corrected chi connectivity index (χ4v) is 6.95. The van der Waals surface area contributed by atoms with Gasteiger partial charge in [0.25, 0.3) is 0 Å². The predicted molar refractivity (Wildman–Crippen MR) is 118 cm³/mol. The molecule has 2 aromatic carbocycles. The molecule has 4 aromatic rings. The van der Waals surface area contributed by atoms with Crippen molar-refractivity contribution in [2.24, 2.45) is 0 Å². The lowest BCUT2D eigenvalue weighted by Crippen LogP contribution is -1.99. The maximum atomic E-state index is 2.31. The van der Waals surface area contributed by atoms with E-state index in [0.29, 0.717) is 0 Å². The number of hydrogen-bond donors (Lipinski definition) is 0. The standard InChI is InChI=1S/C24H22S2/c1-15-17-9-5-7-13-21(17)25-23(15)19-11-3-4-12-20(19)24-16(2)18-10-6-8-14-22(18)26-24/h5-10,13-14H,3-4,11-12H2,1-2H3. The first kappa shape index (κ1) is 16.3. The minimum Gasteiger partial charge on any atom is -0.135 e. The molecule has 2 aromatic heterocycles. The van der Waals surface area contributed by atoms with Crippen molar-refractivity contribution in [2.45, 2.75) is 39.5 Å². The van der Waals surface area contributed by atoms with Crippen molar-refractivity contribution in [1.82, 2.24) is 0 Å². The van der Waals surface area contributed by atoms with Crippen molar-refractivity contribution >= 4 is 54.0 Å². The van der Waals surface area contributed by atoms with Gasteiger partial charge >= 0.3 is 0 Å². The minimum atomic E-state index is 1.22. The van der Waals surface area contributed by atoms with Crippen LogP contribution in [0.4, 0.5) is 0 Å². The van der Waals surface area contributed by atoms with Gasteiger partial charge in [-0.3, -0.25) is 0 Å². The second kappa shape index (κ2) is 6.37. The Labute approximate surface area is 162 Å². The molecule has 0 nitrogen and oxygen atoms in total. The largest absolute Gasteiger partial charge is 0.135 e. The summed E-state index contributed by atoms with van der Waals surface area (Å²) >= 11 is 3.98. The minimum absolute atomic E-state index is 1.22. The van der Waals surface area contributed by atoms with E-state index in [1.165, 1.54) is 66.7 Å². The monoisotopic (exact) mass is 374 g/mol. The van der Waals surface area contributed by atoms with E-state index < -0.39 is 0 Å². The number of thiophene rings is 2. The zero-order chi connectivity index (χ0) is 17.7. The Balaban J connectivity index is 1.77. The van der Waals surface area contributed by atoms with Gasteiger partial charge in [0.1, 0.15) is 0 Å². The quantitative estimate of drug-likeness (QED) is 0.331. The van der Waals surface area contributed by atoms with Crippen LogP contribution in [-0.4, -0.2) is 0 Å². The van der Waals surface area contributed by atoms with Gasteiger partial charge in [0.05, 0.1) is 0 Å². The summed E-state index contributed by atoms with van der Waals surface area (Å²) in [6.45, 7) is 4.62. The summed E-state index contributed by atoms with van der Waals surface area (Å²) < 4.78 is 2.84. The van der Waals surface area contributed by atoms with Crippen molar-refractivity contribution in [3.63, 3.8) is 0 Å². The molecule has 26 heavy (non-hydrogen) atoms. The van der Waals surface area contributed by atoms with Crippen molar-refractivity contribution in [3.05, 3.63) is 69.4 Å². The average molecular weight is 375 g/mol. The predicted octanol–water partition coefficient (Wildman–Crippen LogP) is 8.22. The molecule has 0 radical (unpaired) electrons. The second-order valence-electron chi connectivity index (χ2n) is 7.27. The van der Waals surface area contributed by atoms with Crippen LogP contribution in [0.5, 0.6) is 0 Å². The molecule has 2 heterocycles. The Kier molecular flexibility index (Phi) is 3.99. The third kappa shape index (κ3) is 2.47. The molecule has 2 heteroatoms. The summed E-state index contributed by atoms with van der Waals surface area (Å²) in [5.41, 5.74) is 6.17. The maximum Gasteiger partial charge on any atom is 0.0352 e. The van der Waals surface area contributed by atoms with E-state index >= 15 is 0 Å². The van der Waals surface area contributed by atoms with E-state index in [0.717, 1.165) is 0 Å². The number of benzene rings is 2. The van der Waals surface area contributed by atoms with Crippen molar-refractivity contribution < 1.29 is 0 Å². The van der Waals surface area contributed by atoms with Gasteiger partial charge in [-0.15, -0.1) is 22.7 Å². The van der Waals surface area contributed by atoms with E-state index in [1.54, 1.807) is 11.1 Å². The topological polar surface area (TPSA) is 0 Å². The molecule has 0 aliphatic heterocycles. The third-order valence-electron chi connectivity index (χ3n) is 5.70. The fraction of sp³-hybridized carbons (Fsp3) is 0.250. The second-order valence-corrected chi connectivity index (χ2v) is 9.37. The van der Waals surface area contributed by atoms with Crippen LogP contribution in [0.1, 0.15) is 46.6 Å². The zero-order valence-corrected chi connectivity index (χ0v) is 16.9. The van der Waals surface area contributed by atoms with Gasteiger partial charge in [0.15, 0.2) is 0 Å². The molecule has 0 atom stereocenters. The Morgan fingerprint density at radius 3 is 1.46 bits per heavy atom. The van der Waals surface area contributed by atoms with E-state index in [2.05, 4.69) is 62.4 Å². The van der Waals surface area contributed by atoms with Crippen LogP contribution >= 0.6 is 22.7 Å². The van der Waals surface area contributed by atoms with Gasteiger partial charge in [-0.05, 0) is 84.7 Å². The smallest absolute Gasteiger partial charge is 0.0352 e. The summed E-state index contributed by atoms with van der Waals surface area (Å²) in [6.07, 6.45) is 5.07. The molecule has 0 saturated heterocycles. The first-order valence-corrected chi connectivity index (χ1v) is 11.1. The van der Waals surface area contributed by atoms with Crippen LogP contribution in [0.15, 0.2) is 48.5 Å². The molecule has 130 valence electrons. The number of rotatable bonds is 2. The normalized spacial score (nSPS) is 15.3. The van der Waals surface area contributed by atoms with Gasteiger partial charge < -0.3 is 0 Å². The van der Waals surface area contributed by atoms with Crippen LogP contribution in [0.2, 0.25) is 0 Å². The van der Waals surface area contributed by atoms with Crippen LogP contribution in [-0.2, 0) is 0 Å². The van der Waals surface area contributed by atoms with Gasteiger partial charge in [-0.1, -0.05) is 36.4 Å². The molecule has 0 unspecified atom stereocenters. The highest BCUT2D eigenvalue weighted by atomic mass is 32.1. The third-order valence-corrected chi connectivity index (χ3v) is 8.37. The van der Waals surface area contributed by atoms with E-state index in [-0.39, 0.29) is 0 Å². The summed E-state index contributed by atoms with van der Waals surface area (Å²) in [4.78, 5) is 3.05. The first-order valence-electron chi connectivity index (χ1n) is 9.43. The molecule has 0 saturated carbocycles. The molecule has 5 rings (SSSR count). The van der Waals surface area contributed by atoms with E-state index in [1.807, 2.05) is 22.7 Å². The molecule has 0 spiro atoms. The fourth-order valence-electron chi connectivity index (χ4n) is 4.33. The first-order chi connectivity index (χ1) is 12.7. The highest BCUT2D eigenvalue weighted by molar-refractivity contribution is 7.21. The van der Waals surface area contributed by atoms with Crippen LogP contribution in [0.25, 0.3) is 31.3 Å². The summed E-state index contributed by atoms with van der Waals surface area (Å²) in [7, 11) is 0. The number of fused-ring (bicyclic) bond motifs is 2. The molecule has 0 N–H and O–H groups in total. The zero-order valence-electron chi connectivity index (χ0n) is 15.3. The summed E-state index contributed by atoms with van der Waals surface area (Å²) in [6, 6.07) is 17.7. The van der Waals surface area contributed by atoms with Gasteiger partial charge in [0.2, 0.25) is 0 Å². The number of hydrogen-bond acceptors (Lipinski definition) is 2. The van der Waals surface area contributed by atoms with Crippen molar-refractivity contribution in [1.29, 1.82) is 0 Å². The lowest BCUT2D eigenvalue weighted by Gasteiger charge is -2.20. The summed E-state index contributed by atoms with van der Waals surface area (Å²) in [5, 5.41) is 2.86. The molecule has 0 bridgehead atoms. The molecular weight excluding hydrogens is 352 g/mol. The number of allylic oxidation sites excluding steroid dienone is 2. The van der Waals surface area contributed by atoms with Crippen LogP contribution in [0, 0.1) is 13.8 Å². The molecule has 1 aliphatic carbocycles. The van der Waals surface area contributed by atoms with E-state index in [9.17, 15) is 0 Å². The highest BCUT2D eigenvalue weighted by Crippen LogP contribution is 2.47. The Morgan fingerprint density at radius 1 is 0.615 bits per heavy atom. The van der Waals surface area contributed by atoms with Gasteiger partial charge in [0, 0.05) is 19.2 Å². The van der Waals surface area contributed by atoms with Crippen molar-refractivity contribution in [3.8, 4) is 0 Å². The van der Waals surface area contributed by atoms with Gasteiger partial charge in [-0.25, -0.2) is 0 Å². The lowest BCUT2D eigenvalue weighted by molar-refractivity contribution is 0.755. The molecular formula is C24H22S2. The van der Waals surface area contributed by atoms with Crippen LogP contribution < -0.4 is 0 Å². The lowest BCUT2D eigenvalue weighted by atomic mass is 9.87. The Hall–Kier alpha value is -1.90. The Morgan fingerprint density at radius 2 is 1.04 bits per heavy atom. The van der Waals surface area contributed by atoms with Crippen LogP contribution in [0.3, 0.4) is 0 Å². The summed E-state index contributed by atoms with van der Waals surface area (Å²) in [5.74, 6) is 0. The Bertz CT molecular complexity index is 1060. The van der Waals surface area contributed by atoms with E-state index in [4.69, 9.17) is 0 Å². The average Bonchev–Trinajstić information content (AvgIpc) is 3.20. The number of aryl methyl sites for hydroxylation is 2. The SMILES string of the molecule is Cc1c(C2=C(c3sc4ccccc4c3C)CCCC2)sc2ccccc12. The highest BCUT2D eigenvalue weighted by Gasteiger charge is 2.23. The van der Waals surface area contributed by atoms with Crippen molar-refractivity contribution in [2.75, 3.05) is 0 Å². The van der Waals surface area contributed by atoms with Gasteiger partial charge in [-0.2, -0.15) is 0 Å². The molecule has 0 fully saturated rings.